The number of hydrogen-bond acceptors (Lipinski definition) is 1. The Morgan fingerprint density at radius 2 is 2.23 bits per heavy atom. The van der Waals surface area contributed by atoms with Gasteiger partial charge < -0.3 is 5.11 Å². The van der Waals surface area contributed by atoms with Crippen LogP contribution in [0.5, 0.6) is 0 Å². The van der Waals surface area contributed by atoms with Gasteiger partial charge in [0.1, 0.15) is 0 Å². The Balaban J connectivity index is 2.30. The Morgan fingerprint density at radius 1 is 1.46 bits per heavy atom. The normalized spacial score (nSPS) is 39.2. The van der Waals surface area contributed by atoms with Crippen LogP contribution in [0.25, 0.3) is 0 Å². The number of aliphatic hydroxyl groups is 1. The molecule has 13 heavy (non-hydrogen) atoms. The quantitative estimate of drug-likeness (QED) is 0.604. The molecule has 3 unspecified atom stereocenters. The third-order valence-electron chi connectivity index (χ3n) is 3.52. The maximum Gasteiger partial charge on any atom is 0.0726 e. The Hall–Kier alpha value is -0.560. The molecule has 2 aliphatic carbocycles. The van der Waals surface area contributed by atoms with E-state index in [1.54, 1.807) is 0 Å². The lowest BCUT2D eigenvalue weighted by atomic mass is 9.86. The topological polar surface area (TPSA) is 20.2 Å². The lowest BCUT2D eigenvalue weighted by molar-refractivity contribution is 0.180. The molecule has 0 aliphatic heterocycles. The highest BCUT2D eigenvalue weighted by atomic mass is 16.3. The lowest BCUT2D eigenvalue weighted by Crippen LogP contribution is -2.13. The van der Waals surface area contributed by atoms with Crippen molar-refractivity contribution in [1.29, 1.82) is 0 Å². The van der Waals surface area contributed by atoms with E-state index in [0.717, 1.165) is 6.42 Å². The van der Waals surface area contributed by atoms with Gasteiger partial charge in [-0.05, 0) is 43.6 Å². The van der Waals surface area contributed by atoms with Gasteiger partial charge in [-0.3, -0.25) is 0 Å². The number of fused-ring (bicyclic) bond motifs is 1. The molecule has 0 heterocycles. The summed E-state index contributed by atoms with van der Waals surface area (Å²) in [4.78, 5) is 0. The molecule has 2 rings (SSSR count). The zero-order valence-electron chi connectivity index (χ0n) is 8.46. The van der Waals surface area contributed by atoms with Crippen molar-refractivity contribution in [2.24, 2.45) is 11.8 Å². The summed E-state index contributed by atoms with van der Waals surface area (Å²) in [5.74, 6) is 1.35. The van der Waals surface area contributed by atoms with Crippen molar-refractivity contribution in [3.8, 4) is 0 Å². The first-order chi connectivity index (χ1) is 6.18. The standard InChI is InChI=1S/C12H18O/c1-8-3-5-12-9(2)7-10(13)4-6-11(8)12/h4,6,9-10,12-13H,3,5,7H2,1-2H3. The van der Waals surface area contributed by atoms with E-state index in [0.29, 0.717) is 11.8 Å². The van der Waals surface area contributed by atoms with Gasteiger partial charge in [-0.2, -0.15) is 0 Å². The van der Waals surface area contributed by atoms with Crippen LogP contribution >= 0.6 is 0 Å². The molecule has 0 radical (unpaired) electrons. The van der Waals surface area contributed by atoms with Gasteiger partial charge in [0.2, 0.25) is 0 Å². The first kappa shape index (κ1) is 9.01. The molecule has 3 atom stereocenters. The van der Waals surface area contributed by atoms with E-state index < -0.39 is 0 Å². The van der Waals surface area contributed by atoms with Gasteiger partial charge in [0, 0.05) is 0 Å². The highest BCUT2D eigenvalue weighted by Gasteiger charge is 2.29. The van der Waals surface area contributed by atoms with Gasteiger partial charge >= 0.3 is 0 Å². The van der Waals surface area contributed by atoms with Crippen molar-refractivity contribution in [3.63, 3.8) is 0 Å². The fourth-order valence-corrected chi connectivity index (χ4v) is 2.68. The van der Waals surface area contributed by atoms with Crippen molar-refractivity contribution in [1.82, 2.24) is 0 Å². The molecular formula is C12H18O. The second kappa shape index (κ2) is 3.30. The smallest absolute Gasteiger partial charge is 0.0726 e. The largest absolute Gasteiger partial charge is 0.389 e. The van der Waals surface area contributed by atoms with Crippen LogP contribution in [-0.4, -0.2) is 11.2 Å². The summed E-state index contributed by atoms with van der Waals surface area (Å²) in [6, 6.07) is 0. The minimum atomic E-state index is -0.221. The molecule has 72 valence electrons. The molecule has 1 heteroatoms. The van der Waals surface area contributed by atoms with Crippen molar-refractivity contribution >= 4 is 0 Å². The third-order valence-corrected chi connectivity index (χ3v) is 3.52. The van der Waals surface area contributed by atoms with E-state index in [1.165, 1.54) is 24.0 Å². The average molecular weight is 178 g/mol. The first-order valence-corrected chi connectivity index (χ1v) is 5.24. The Labute approximate surface area is 80.2 Å². The molecule has 0 saturated heterocycles. The Bertz CT molecular complexity index is 262. The van der Waals surface area contributed by atoms with Crippen molar-refractivity contribution < 1.29 is 5.11 Å². The summed E-state index contributed by atoms with van der Waals surface area (Å²) in [5, 5.41) is 9.59. The molecule has 0 aromatic heterocycles. The minimum absolute atomic E-state index is 0.221. The number of allylic oxidation sites excluding steroid dienone is 3. The summed E-state index contributed by atoms with van der Waals surface area (Å²) in [6.07, 6.45) is 7.37. The maximum atomic E-state index is 9.59. The predicted octanol–water partition coefficient (Wildman–Crippen LogP) is 2.67. The monoisotopic (exact) mass is 178 g/mol. The van der Waals surface area contributed by atoms with Crippen molar-refractivity contribution in [3.05, 3.63) is 23.3 Å². The Kier molecular flexibility index (Phi) is 2.29. The summed E-state index contributed by atoms with van der Waals surface area (Å²) < 4.78 is 0. The van der Waals surface area contributed by atoms with Crippen molar-refractivity contribution in [2.75, 3.05) is 0 Å². The van der Waals surface area contributed by atoms with Crippen LogP contribution in [0.1, 0.15) is 33.1 Å². The molecule has 0 fully saturated rings. The summed E-state index contributed by atoms with van der Waals surface area (Å²) >= 11 is 0. The van der Waals surface area contributed by atoms with Gasteiger partial charge in [0.05, 0.1) is 6.10 Å². The Morgan fingerprint density at radius 3 is 3.00 bits per heavy atom. The number of aliphatic hydroxyl groups excluding tert-OH is 1. The van der Waals surface area contributed by atoms with E-state index in [9.17, 15) is 5.11 Å². The molecule has 0 aromatic rings. The van der Waals surface area contributed by atoms with Gasteiger partial charge in [-0.1, -0.05) is 24.6 Å². The molecule has 0 aromatic carbocycles. The minimum Gasteiger partial charge on any atom is -0.389 e. The number of hydrogen-bond donors (Lipinski definition) is 1. The molecule has 0 amide bonds. The van der Waals surface area contributed by atoms with Crippen LogP contribution in [0.2, 0.25) is 0 Å². The highest BCUT2D eigenvalue weighted by Crippen LogP contribution is 2.40. The highest BCUT2D eigenvalue weighted by molar-refractivity contribution is 5.33. The van der Waals surface area contributed by atoms with Gasteiger partial charge in [-0.15, -0.1) is 0 Å². The molecule has 0 saturated carbocycles. The molecule has 1 nitrogen and oxygen atoms in total. The van der Waals surface area contributed by atoms with Gasteiger partial charge in [0.15, 0.2) is 0 Å². The SMILES string of the molecule is CC1=C2C=CC(O)CC(C)C2CC1. The second-order valence-electron chi connectivity index (χ2n) is 4.52. The molecule has 0 spiro atoms. The molecule has 1 N–H and O–H groups in total. The third kappa shape index (κ3) is 1.58. The van der Waals surface area contributed by atoms with Gasteiger partial charge in [-0.25, -0.2) is 0 Å². The van der Waals surface area contributed by atoms with Gasteiger partial charge in [0.25, 0.3) is 0 Å². The molecule has 2 aliphatic rings. The van der Waals surface area contributed by atoms with Crippen LogP contribution in [0.4, 0.5) is 0 Å². The van der Waals surface area contributed by atoms with E-state index in [4.69, 9.17) is 0 Å². The molecule has 0 bridgehead atoms. The second-order valence-corrected chi connectivity index (χ2v) is 4.52. The van der Waals surface area contributed by atoms with Crippen LogP contribution in [-0.2, 0) is 0 Å². The van der Waals surface area contributed by atoms with Crippen LogP contribution < -0.4 is 0 Å². The zero-order chi connectivity index (χ0) is 9.42. The zero-order valence-corrected chi connectivity index (χ0v) is 8.46. The predicted molar refractivity (Wildman–Crippen MR) is 54.4 cm³/mol. The van der Waals surface area contributed by atoms with Crippen LogP contribution in [0.3, 0.4) is 0 Å². The fraction of sp³-hybridized carbons (Fsp3) is 0.667. The van der Waals surface area contributed by atoms with E-state index >= 15 is 0 Å². The number of rotatable bonds is 0. The summed E-state index contributed by atoms with van der Waals surface area (Å²) in [7, 11) is 0. The van der Waals surface area contributed by atoms with E-state index in [2.05, 4.69) is 19.9 Å². The van der Waals surface area contributed by atoms with Crippen LogP contribution in [0, 0.1) is 11.8 Å². The fourth-order valence-electron chi connectivity index (χ4n) is 2.68. The summed E-state index contributed by atoms with van der Waals surface area (Å²) in [6.45, 7) is 4.49. The first-order valence-electron chi connectivity index (χ1n) is 5.24. The summed E-state index contributed by atoms with van der Waals surface area (Å²) in [5.41, 5.74) is 3.03. The van der Waals surface area contributed by atoms with Crippen molar-refractivity contribution in [2.45, 2.75) is 39.2 Å². The van der Waals surface area contributed by atoms with E-state index in [-0.39, 0.29) is 6.10 Å². The maximum absolute atomic E-state index is 9.59. The lowest BCUT2D eigenvalue weighted by Gasteiger charge is -2.19. The van der Waals surface area contributed by atoms with Crippen LogP contribution in [0.15, 0.2) is 23.3 Å². The van der Waals surface area contributed by atoms with E-state index in [1.807, 2.05) is 6.08 Å². The average Bonchev–Trinajstić information content (AvgIpc) is 2.36. The molecular weight excluding hydrogens is 160 g/mol.